The van der Waals surface area contributed by atoms with Gasteiger partial charge in [-0.3, -0.25) is 0 Å². The van der Waals surface area contributed by atoms with Crippen molar-refractivity contribution in [1.29, 1.82) is 0 Å². The SMILES string of the molecule is CC(/C=C/C1(C(C)(C)C)CCCC1)=C\C(=O)O. The van der Waals surface area contributed by atoms with Gasteiger partial charge in [0, 0.05) is 6.08 Å². The molecule has 2 nitrogen and oxygen atoms in total. The molecule has 0 heterocycles. The van der Waals surface area contributed by atoms with E-state index in [0.29, 0.717) is 0 Å². The lowest BCUT2D eigenvalue weighted by atomic mass is 9.65. The molecule has 0 bridgehead atoms. The summed E-state index contributed by atoms with van der Waals surface area (Å²) < 4.78 is 0. The van der Waals surface area contributed by atoms with Crippen LogP contribution < -0.4 is 0 Å². The average Bonchev–Trinajstić information content (AvgIpc) is 2.62. The lowest BCUT2D eigenvalue weighted by Crippen LogP contribution is -2.30. The molecule has 0 radical (unpaired) electrons. The second-order valence-electron chi connectivity index (χ2n) is 6.17. The molecule has 1 rings (SSSR count). The zero-order chi connectivity index (χ0) is 13.1. The van der Waals surface area contributed by atoms with E-state index < -0.39 is 5.97 Å². The normalized spacial score (nSPS) is 21.1. The highest BCUT2D eigenvalue weighted by molar-refractivity contribution is 5.81. The summed E-state index contributed by atoms with van der Waals surface area (Å²) in [5.74, 6) is -0.872. The van der Waals surface area contributed by atoms with Crippen LogP contribution in [0.3, 0.4) is 0 Å². The van der Waals surface area contributed by atoms with Crippen LogP contribution in [0.4, 0.5) is 0 Å². The van der Waals surface area contributed by atoms with Crippen molar-refractivity contribution in [2.75, 3.05) is 0 Å². The first-order valence-corrected chi connectivity index (χ1v) is 6.37. The van der Waals surface area contributed by atoms with Crippen LogP contribution in [-0.4, -0.2) is 11.1 Å². The summed E-state index contributed by atoms with van der Waals surface area (Å²) in [5, 5.41) is 8.69. The van der Waals surface area contributed by atoms with Crippen molar-refractivity contribution in [3.63, 3.8) is 0 Å². The molecule has 0 saturated heterocycles. The molecule has 0 aromatic carbocycles. The van der Waals surface area contributed by atoms with Crippen molar-refractivity contribution >= 4 is 5.97 Å². The van der Waals surface area contributed by atoms with Crippen LogP contribution in [0.25, 0.3) is 0 Å². The third kappa shape index (κ3) is 3.45. The molecule has 17 heavy (non-hydrogen) atoms. The molecule has 1 N–H and O–H groups in total. The Kier molecular flexibility index (Phi) is 4.18. The summed E-state index contributed by atoms with van der Waals surface area (Å²) >= 11 is 0. The fraction of sp³-hybridized carbons (Fsp3) is 0.667. The fourth-order valence-corrected chi connectivity index (χ4v) is 2.71. The summed E-state index contributed by atoms with van der Waals surface area (Å²) in [4.78, 5) is 10.6. The van der Waals surface area contributed by atoms with Gasteiger partial charge in [-0.15, -0.1) is 0 Å². The first-order valence-electron chi connectivity index (χ1n) is 6.37. The number of hydrogen-bond acceptors (Lipinski definition) is 1. The van der Waals surface area contributed by atoms with Gasteiger partial charge in [0.1, 0.15) is 0 Å². The minimum atomic E-state index is -0.872. The number of carbonyl (C=O) groups is 1. The number of allylic oxidation sites excluding steroid dienone is 3. The number of carboxylic acids is 1. The number of rotatable bonds is 3. The molecule has 96 valence electrons. The van der Waals surface area contributed by atoms with Gasteiger partial charge >= 0.3 is 5.97 Å². The van der Waals surface area contributed by atoms with E-state index in [1.54, 1.807) is 0 Å². The number of carboxylic acid groups (broad SMARTS) is 1. The van der Waals surface area contributed by atoms with Crippen LogP contribution in [0.15, 0.2) is 23.8 Å². The van der Waals surface area contributed by atoms with Gasteiger partial charge in [-0.25, -0.2) is 4.79 Å². The Morgan fingerprint density at radius 3 is 2.18 bits per heavy atom. The Hall–Kier alpha value is -1.05. The predicted molar refractivity (Wildman–Crippen MR) is 70.9 cm³/mol. The van der Waals surface area contributed by atoms with Crippen LogP contribution >= 0.6 is 0 Å². The molecule has 1 saturated carbocycles. The van der Waals surface area contributed by atoms with Gasteiger partial charge in [-0.05, 0) is 36.2 Å². The first kappa shape index (κ1) is 14.0. The van der Waals surface area contributed by atoms with Crippen molar-refractivity contribution in [1.82, 2.24) is 0 Å². The highest BCUT2D eigenvalue weighted by Crippen LogP contribution is 2.52. The maximum absolute atomic E-state index is 10.6. The maximum Gasteiger partial charge on any atom is 0.328 e. The van der Waals surface area contributed by atoms with Gasteiger partial charge in [-0.1, -0.05) is 45.8 Å². The topological polar surface area (TPSA) is 37.3 Å². The summed E-state index contributed by atoms with van der Waals surface area (Å²) in [6.45, 7) is 8.67. The quantitative estimate of drug-likeness (QED) is 0.589. The molecule has 1 aliphatic carbocycles. The van der Waals surface area contributed by atoms with E-state index in [1.807, 2.05) is 13.0 Å². The van der Waals surface area contributed by atoms with Gasteiger partial charge in [0.2, 0.25) is 0 Å². The van der Waals surface area contributed by atoms with Gasteiger partial charge in [-0.2, -0.15) is 0 Å². The molecule has 0 aliphatic heterocycles. The van der Waals surface area contributed by atoms with Crippen LogP contribution in [0.2, 0.25) is 0 Å². The van der Waals surface area contributed by atoms with Crippen LogP contribution in [-0.2, 0) is 4.79 Å². The van der Waals surface area contributed by atoms with Gasteiger partial charge in [0.25, 0.3) is 0 Å². The van der Waals surface area contributed by atoms with Gasteiger partial charge < -0.3 is 5.11 Å². The zero-order valence-electron chi connectivity index (χ0n) is 11.4. The highest BCUT2D eigenvalue weighted by atomic mass is 16.4. The zero-order valence-corrected chi connectivity index (χ0v) is 11.4. The van der Waals surface area contributed by atoms with Crippen LogP contribution in [0.1, 0.15) is 53.4 Å². The van der Waals surface area contributed by atoms with Crippen molar-refractivity contribution in [3.05, 3.63) is 23.8 Å². The Bertz CT molecular complexity index is 336. The first-order chi connectivity index (χ1) is 7.77. The van der Waals surface area contributed by atoms with E-state index in [4.69, 9.17) is 5.11 Å². The van der Waals surface area contributed by atoms with E-state index >= 15 is 0 Å². The lowest BCUT2D eigenvalue weighted by Gasteiger charge is -2.39. The molecule has 1 aliphatic rings. The molecule has 0 unspecified atom stereocenters. The molecular weight excluding hydrogens is 212 g/mol. The minimum absolute atomic E-state index is 0.237. The predicted octanol–water partition coefficient (Wildman–Crippen LogP) is 4.18. The molecule has 0 amide bonds. The van der Waals surface area contributed by atoms with E-state index in [0.717, 1.165) is 5.57 Å². The lowest BCUT2D eigenvalue weighted by molar-refractivity contribution is -0.131. The molecule has 2 heteroatoms. The summed E-state index contributed by atoms with van der Waals surface area (Å²) in [6, 6.07) is 0. The van der Waals surface area contributed by atoms with Gasteiger partial charge in [0.15, 0.2) is 0 Å². The fourth-order valence-electron chi connectivity index (χ4n) is 2.71. The summed E-state index contributed by atoms with van der Waals surface area (Å²) in [6.07, 6.45) is 10.5. The Balaban J connectivity index is 2.89. The third-order valence-electron chi connectivity index (χ3n) is 4.01. The Labute approximate surface area is 104 Å². The second-order valence-corrected chi connectivity index (χ2v) is 6.17. The second kappa shape index (κ2) is 5.07. The van der Waals surface area contributed by atoms with E-state index in [9.17, 15) is 4.79 Å². The monoisotopic (exact) mass is 236 g/mol. The van der Waals surface area contributed by atoms with Gasteiger partial charge in [0.05, 0.1) is 0 Å². The standard InChI is InChI=1S/C15H24O2/c1-12(11-13(16)17)7-10-15(14(2,3)4)8-5-6-9-15/h7,10-11H,5-6,8-9H2,1-4H3,(H,16,17)/b10-7+,12-11+. The third-order valence-corrected chi connectivity index (χ3v) is 4.01. The smallest absolute Gasteiger partial charge is 0.328 e. The summed E-state index contributed by atoms with van der Waals surface area (Å²) in [5.41, 5.74) is 1.29. The van der Waals surface area contributed by atoms with Crippen LogP contribution in [0.5, 0.6) is 0 Å². The minimum Gasteiger partial charge on any atom is -0.478 e. The van der Waals surface area contributed by atoms with E-state index in [2.05, 4.69) is 26.8 Å². The van der Waals surface area contributed by atoms with E-state index in [1.165, 1.54) is 31.8 Å². The van der Waals surface area contributed by atoms with E-state index in [-0.39, 0.29) is 10.8 Å². The van der Waals surface area contributed by atoms with Crippen molar-refractivity contribution in [2.24, 2.45) is 10.8 Å². The molecular formula is C15H24O2. The molecule has 0 aromatic heterocycles. The van der Waals surface area contributed by atoms with Crippen molar-refractivity contribution in [2.45, 2.75) is 53.4 Å². The van der Waals surface area contributed by atoms with Crippen LogP contribution in [0, 0.1) is 10.8 Å². The number of hydrogen-bond donors (Lipinski definition) is 1. The summed E-state index contributed by atoms with van der Waals surface area (Å²) in [7, 11) is 0. The largest absolute Gasteiger partial charge is 0.478 e. The molecule has 0 atom stereocenters. The van der Waals surface area contributed by atoms with Crippen molar-refractivity contribution in [3.8, 4) is 0 Å². The Morgan fingerprint density at radius 2 is 1.76 bits per heavy atom. The maximum atomic E-state index is 10.6. The molecule has 0 spiro atoms. The van der Waals surface area contributed by atoms with Crippen molar-refractivity contribution < 1.29 is 9.90 Å². The average molecular weight is 236 g/mol. The number of aliphatic carboxylic acids is 1. The Morgan fingerprint density at radius 1 is 1.24 bits per heavy atom. The molecule has 0 aromatic rings. The molecule has 1 fully saturated rings. The highest BCUT2D eigenvalue weighted by Gasteiger charge is 2.41.